The predicted molar refractivity (Wildman–Crippen MR) is 84.5 cm³/mol. The first-order valence-corrected chi connectivity index (χ1v) is 7.78. The maximum absolute atomic E-state index is 6.33. The summed E-state index contributed by atoms with van der Waals surface area (Å²) in [5.41, 5.74) is 3.12. The number of rotatable bonds is 5. The third-order valence-electron chi connectivity index (χ3n) is 2.77. The molecule has 0 saturated carbocycles. The van der Waals surface area contributed by atoms with Gasteiger partial charge >= 0.3 is 0 Å². The minimum atomic E-state index is 0.744. The Morgan fingerprint density at radius 1 is 1.20 bits per heavy atom. The fourth-order valence-electron chi connectivity index (χ4n) is 1.90. The third kappa shape index (κ3) is 3.95. The van der Waals surface area contributed by atoms with Gasteiger partial charge in [-0.15, -0.1) is 0 Å². The first-order valence-electron chi connectivity index (χ1n) is 6.58. The molecule has 20 heavy (non-hydrogen) atoms. The lowest BCUT2D eigenvalue weighted by molar-refractivity contribution is 0.718. The fraction of sp³-hybridized carbons (Fsp3) is 0.333. The summed E-state index contributed by atoms with van der Waals surface area (Å²) in [7, 11) is 0. The number of nitrogens with zero attached hydrogens (tertiary/aromatic N) is 2. The van der Waals surface area contributed by atoms with Gasteiger partial charge in [0.1, 0.15) is 0 Å². The van der Waals surface area contributed by atoms with Gasteiger partial charge in [0.25, 0.3) is 0 Å². The lowest BCUT2D eigenvalue weighted by Crippen LogP contribution is -2.12. The van der Waals surface area contributed by atoms with E-state index in [2.05, 4.69) is 28.3 Å². The van der Waals surface area contributed by atoms with Crippen molar-refractivity contribution in [3.05, 3.63) is 46.2 Å². The van der Waals surface area contributed by atoms with Crippen LogP contribution < -0.4 is 5.32 Å². The Bertz CT molecular complexity index is 581. The maximum atomic E-state index is 6.33. The number of hydrogen-bond acceptors (Lipinski definition) is 4. The Hall–Kier alpha value is -1.10. The van der Waals surface area contributed by atoms with Gasteiger partial charge in [0, 0.05) is 22.8 Å². The van der Waals surface area contributed by atoms with E-state index in [1.54, 1.807) is 0 Å². The first-order chi connectivity index (χ1) is 9.60. The SMILES string of the molecule is CCNCc1cccc(Cl)c1Sc1nc(C)cc(C)n1. The van der Waals surface area contributed by atoms with Crippen LogP contribution in [0, 0.1) is 13.8 Å². The van der Waals surface area contributed by atoms with Crippen molar-refractivity contribution >= 4 is 23.4 Å². The van der Waals surface area contributed by atoms with Crippen molar-refractivity contribution in [2.75, 3.05) is 6.54 Å². The number of hydrogen-bond donors (Lipinski definition) is 1. The highest BCUT2D eigenvalue weighted by Crippen LogP contribution is 2.34. The molecule has 0 aliphatic heterocycles. The number of aromatic nitrogens is 2. The van der Waals surface area contributed by atoms with Gasteiger partial charge < -0.3 is 5.32 Å². The van der Waals surface area contributed by atoms with Gasteiger partial charge in [-0.3, -0.25) is 0 Å². The lowest BCUT2D eigenvalue weighted by Gasteiger charge is -2.11. The monoisotopic (exact) mass is 307 g/mol. The van der Waals surface area contributed by atoms with Crippen LogP contribution >= 0.6 is 23.4 Å². The van der Waals surface area contributed by atoms with E-state index in [0.29, 0.717) is 0 Å². The summed E-state index contributed by atoms with van der Waals surface area (Å²) in [5.74, 6) is 0. The second-order valence-electron chi connectivity index (χ2n) is 4.54. The molecule has 0 aliphatic rings. The van der Waals surface area contributed by atoms with Gasteiger partial charge in [0.05, 0.1) is 5.02 Å². The molecule has 5 heteroatoms. The quantitative estimate of drug-likeness (QED) is 0.847. The van der Waals surface area contributed by atoms with E-state index < -0.39 is 0 Å². The fourth-order valence-corrected chi connectivity index (χ4v) is 3.21. The summed E-state index contributed by atoms with van der Waals surface area (Å²) in [6.45, 7) is 7.76. The van der Waals surface area contributed by atoms with E-state index in [-0.39, 0.29) is 0 Å². The molecule has 0 saturated heterocycles. The molecule has 0 radical (unpaired) electrons. The summed E-state index contributed by atoms with van der Waals surface area (Å²) in [6.07, 6.45) is 0. The Morgan fingerprint density at radius 3 is 2.55 bits per heavy atom. The highest BCUT2D eigenvalue weighted by atomic mass is 35.5. The topological polar surface area (TPSA) is 37.8 Å². The standard InChI is InChI=1S/C15H18ClN3S/c1-4-17-9-12-6-5-7-13(16)14(12)20-15-18-10(2)8-11(3)19-15/h5-8,17H,4,9H2,1-3H3. The van der Waals surface area contributed by atoms with Crippen LogP contribution in [0.1, 0.15) is 23.9 Å². The maximum Gasteiger partial charge on any atom is 0.192 e. The van der Waals surface area contributed by atoms with Crippen molar-refractivity contribution in [2.45, 2.75) is 37.4 Å². The van der Waals surface area contributed by atoms with Crippen molar-refractivity contribution in [3.63, 3.8) is 0 Å². The second kappa shape index (κ2) is 7.07. The van der Waals surface area contributed by atoms with Crippen LogP contribution in [0.3, 0.4) is 0 Å². The molecule has 3 nitrogen and oxygen atoms in total. The number of aryl methyl sites for hydroxylation is 2. The van der Waals surface area contributed by atoms with Crippen LogP contribution in [-0.4, -0.2) is 16.5 Å². The average molecular weight is 308 g/mol. The molecule has 1 aromatic heterocycles. The highest BCUT2D eigenvalue weighted by Gasteiger charge is 2.11. The van der Waals surface area contributed by atoms with Crippen molar-refractivity contribution in [1.29, 1.82) is 0 Å². The van der Waals surface area contributed by atoms with Gasteiger partial charge in [-0.05, 0) is 49.9 Å². The molecular weight excluding hydrogens is 290 g/mol. The second-order valence-corrected chi connectivity index (χ2v) is 5.93. The molecule has 1 aromatic carbocycles. The first kappa shape index (κ1) is 15.3. The summed E-state index contributed by atoms with van der Waals surface area (Å²) < 4.78 is 0. The minimum absolute atomic E-state index is 0.744. The van der Waals surface area contributed by atoms with Gasteiger partial charge in [0.15, 0.2) is 5.16 Å². The summed E-state index contributed by atoms with van der Waals surface area (Å²) in [4.78, 5) is 9.96. The highest BCUT2D eigenvalue weighted by molar-refractivity contribution is 7.99. The zero-order valence-electron chi connectivity index (χ0n) is 11.9. The molecule has 106 valence electrons. The summed E-state index contributed by atoms with van der Waals surface area (Å²) in [6, 6.07) is 7.93. The molecule has 0 unspecified atom stereocenters. The predicted octanol–water partition coefficient (Wildman–Crippen LogP) is 4.01. The zero-order chi connectivity index (χ0) is 14.5. The van der Waals surface area contributed by atoms with E-state index in [9.17, 15) is 0 Å². The van der Waals surface area contributed by atoms with Gasteiger partial charge in [-0.2, -0.15) is 0 Å². The Kier molecular flexibility index (Phi) is 5.40. The van der Waals surface area contributed by atoms with Crippen LogP contribution in [0.2, 0.25) is 5.02 Å². The molecule has 2 aromatic rings. The normalized spacial score (nSPS) is 10.8. The molecule has 2 rings (SSSR count). The van der Waals surface area contributed by atoms with Crippen LogP contribution in [0.5, 0.6) is 0 Å². The van der Waals surface area contributed by atoms with Crippen molar-refractivity contribution < 1.29 is 0 Å². The van der Waals surface area contributed by atoms with E-state index >= 15 is 0 Å². The van der Waals surface area contributed by atoms with Crippen molar-refractivity contribution in [2.24, 2.45) is 0 Å². The molecule has 0 bridgehead atoms. The van der Waals surface area contributed by atoms with Gasteiger partial charge in [-0.25, -0.2) is 9.97 Å². The Morgan fingerprint density at radius 2 is 1.90 bits per heavy atom. The number of nitrogens with one attached hydrogen (secondary N) is 1. The summed E-state index contributed by atoms with van der Waals surface area (Å²) >= 11 is 7.86. The number of halogens is 1. The number of benzene rings is 1. The lowest BCUT2D eigenvalue weighted by atomic mass is 10.2. The zero-order valence-corrected chi connectivity index (χ0v) is 13.5. The summed E-state index contributed by atoms with van der Waals surface area (Å²) in [5, 5.41) is 4.82. The molecule has 0 aliphatic carbocycles. The van der Waals surface area contributed by atoms with Crippen LogP contribution in [0.4, 0.5) is 0 Å². The van der Waals surface area contributed by atoms with E-state index in [4.69, 9.17) is 11.6 Å². The van der Waals surface area contributed by atoms with Crippen LogP contribution in [0.25, 0.3) is 0 Å². The molecule has 1 heterocycles. The molecule has 0 spiro atoms. The Balaban J connectivity index is 2.31. The van der Waals surface area contributed by atoms with Crippen LogP contribution in [-0.2, 0) is 6.54 Å². The van der Waals surface area contributed by atoms with Crippen molar-refractivity contribution in [1.82, 2.24) is 15.3 Å². The largest absolute Gasteiger partial charge is 0.313 e. The smallest absolute Gasteiger partial charge is 0.192 e. The molecule has 0 fully saturated rings. The molecule has 0 amide bonds. The van der Waals surface area contributed by atoms with Crippen LogP contribution in [0.15, 0.2) is 34.3 Å². The van der Waals surface area contributed by atoms with E-state index in [1.165, 1.54) is 17.3 Å². The average Bonchev–Trinajstić information content (AvgIpc) is 2.38. The molecule has 1 N–H and O–H groups in total. The van der Waals surface area contributed by atoms with E-state index in [1.807, 2.05) is 32.0 Å². The molecule has 0 atom stereocenters. The Labute approximate surface area is 129 Å². The molecular formula is C15H18ClN3S. The van der Waals surface area contributed by atoms with E-state index in [0.717, 1.165) is 39.6 Å². The van der Waals surface area contributed by atoms with Gasteiger partial charge in [-0.1, -0.05) is 30.7 Å². The minimum Gasteiger partial charge on any atom is -0.313 e. The van der Waals surface area contributed by atoms with Gasteiger partial charge in [0.2, 0.25) is 0 Å². The third-order valence-corrected chi connectivity index (χ3v) is 4.25. The van der Waals surface area contributed by atoms with Crippen molar-refractivity contribution in [3.8, 4) is 0 Å².